The van der Waals surface area contributed by atoms with E-state index in [0.29, 0.717) is 17.9 Å². The SMILES string of the molecule is Cl.Cl.NC1CC2CCCC(C1)C2NC(=O)c1cccnc1N1CCCC1. The van der Waals surface area contributed by atoms with Gasteiger partial charge in [0.05, 0.1) is 5.56 Å². The van der Waals surface area contributed by atoms with Crippen LogP contribution in [0.2, 0.25) is 0 Å². The molecule has 4 rings (SSSR count). The Hall–Kier alpha value is -1.04. The standard InChI is InChI=1S/C19H28N4O.2ClH/c20-15-11-13-5-3-6-14(12-15)17(13)22-19(24)16-7-4-8-21-18(16)23-9-1-2-10-23;;/h4,7-8,13-15,17H,1-3,5-6,9-12,20H2,(H,22,24);2*1H. The summed E-state index contributed by atoms with van der Waals surface area (Å²) >= 11 is 0. The van der Waals surface area contributed by atoms with E-state index >= 15 is 0 Å². The number of halogens is 2. The lowest BCUT2D eigenvalue weighted by molar-refractivity contribution is 0.0756. The van der Waals surface area contributed by atoms with Crippen LogP contribution in [0.3, 0.4) is 0 Å². The van der Waals surface area contributed by atoms with Gasteiger partial charge < -0.3 is 16.0 Å². The third-order valence-corrected chi connectivity index (χ3v) is 6.11. The Morgan fingerprint density at radius 3 is 2.42 bits per heavy atom. The normalized spacial score (nSPS) is 30.1. The molecule has 1 amide bonds. The molecule has 1 aromatic heterocycles. The molecule has 2 bridgehead atoms. The van der Waals surface area contributed by atoms with E-state index in [1.807, 2.05) is 12.1 Å². The van der Waals surface area contributed by atoms with Gasteiger partial charge >= 0.3 is 0 Å². The van der Waals surface area contributed by atoms with E-state index in [4.69, 9.17) is 5.73 Å². The van der Waals surface area contributed by atoms with Crippen LogP contribution in [0.25, 0.3) is 0 Å². The lowest BCUT2D eigenvalue weighted by Gasteiger charge is -2.45. The molecule has 5 nitrogen and oxygen atoms in total. The number of carbonyl (C=O) groups is 1. The minimum atomic E-state index is 0. The van der Waals surface area contributed by atoms with Crippen LogP contribution in [0.4, 0.5) is 5.82 Å². The van der Waals surface area contributed by atoms with Crippen molar-refractivity contribution < 1.29 is 4.79 Å². The Bertz CT molecular complexity index is 595. The van der Waals surface area contributed by atoms with Gasteiger partial charge in [0.15, 0.2) is 0 Å². The number of nitrogens with zero attached hydrogens (tertiary/aromatic N) is 2. The number of carbonyl (C=O) groups excluding carboxylic acids is 1. The Morgan fingerprint density at radius 2 is 1.77 bits per heavy atom. The summed E-state index contributed by atoms with van der Waals surface area (Å²) in [5.41, 5.74) is 6.94. The molecule has 2 atom stereocenters. The van der Waals surface area contributed by atoms with Gasteiger partial charge in [0.2, 0.25) is 0 Å². The van der Waals surface area contributed by atoms with Gasteiger partial charge in [-0.05, 0) is 62.5 Å². The number of hydrogen-bond donors (Lipinski definition) is 2. The Morgan fingerprint density at radius 1 is 1.12 bits per heavy atom. The zero-order valence-electron chi connectivity index (χ0n) is 15.1. The van der Waals surface area contributed by atoms with Crippen LogP contribution in [0.5, 0.6) is 0 Å². The molecule has 146 valence electrons. The zero-order valence-corrected chi connectivity index (χ0v) is 16.7. The monoisotopic (exact) mass is 400 g/mol. The lowest BCUT2D eigenvalue weighted by Crippen LogP contribution is -2.53. The summed E-state index contributed by atoms with van der Waals surface area (Å²) in [6.45, 7) is 2.00. The van der Waals surface area contributed by atoms with Crippen molar-refractivity contribution in [3.05, 3.63) is 23.9 Å². The predicted molar refractivity (Wildman–Crippen MR) is 109 cm³/mol. The average molecular weight is 401 g/mol. The highest BCUT2D eigenvalue weighted by molar-refractivity contribution is 5.99. The van der Waals surface area contributed by atoms with Gasteiger partial charge in [0, 0.05) is 31.4 Å². The number of nitrogens with two attached hydrogens (primary N) is 1. The molecule has 0 radical (unpaired) electrons. The van der Waals surface area contributed by atoms with Gasteiger partial charge in [0.1, 0.15) is 5.82 Å². The second-order valence-electron chi connectivity index (χ2n) is 7.75. The first-order chi connectivity index (χ1) is 11.7. The van der Waals surface area contributed by atoms with E-state index in [1.165, 1.54) is 32.1 Å². The maximum atomic E-state index is 13.0. The van der Waals surface area contributed by atoms with Gasteiger partial charge in [-0.3, -0.25) is 4.79 Å². The summed E-state index contributed by atoms with van der Waals surface area (Å²) in [6.07, 6.45) is 9.92. The summed E-state index contributed by atoms with van der Waals surface area (Å²) in [7, 11) is 0. The second kappa shape index (κ2) is 9.25. The smallest absolute Gasteiger partial charge is 0.255 e. The fraction of sp³-hybridized carbons (Fsp3) is 0.684. The third kappa shape index (κ3) is 4.26. The molecular formula is C19H30Cl2N4O. The molecule has 1 aliphatic heterocycles. The van der Waals surface area contributed by atoms with Crippen molar-refractivity contribution in [2.24, 2.45) is 17.6 Å². The van der Waals surface area contributed by atoms with Gasteiger partial charge in [-0.2, -0.15) is 0 Å². The van der Waals surface area contributed by atoms with Crippen LogP contribution in [-0.4, -0.2) is 36.1 Å². The van der Waals surface area contributed by atoms with Crippen molar-refractivity contribution >= 4 is 36.5 Å². The quantitative estimate of drug-likeness (QED) is 0.816. The number of rotatable bonds is 3. The molecule has 0 spiro atoms. The van der Waals surface area contributed by atoms with E-state index in [0.717, 1.165) is 37.3 Å². The number of aromatic nitrogens is 1. The summed E-state index contributed by atoms with van der Waals surface area (Å²) in [5.74, 6) is 1.99. The molecule has 0 aromatic carbocycles. The van der Waals surface area contributed by atoms with Crippen molar-refractivity contribution in [1.29, 1.82) is 0 Å². The Kier molecular flexibility index (Phi) is 7.56. The van der Waals surface area contributed by atoms with Crippen molar-refractivity contribution in [2.75, 3.05) is 18.0 Å². The molecule has 2 heterocycles. The molecule has 7 heteroatoms. The topological polar surface area (TPSA) is 71.2 Å². The molecular weight excluding hydrogens is 371 g/mol. The first-order valence-corrected chi connectivity index (χ1v) is 9.49. The minimum Gasteiger partial charge on any atom is -0.356 e. The van der Waals surface area contributed by atoms with Crippen LogP contribution < -0.4 is 16.0 Å². The fourth-order valence-electron chi connectivity index (χ4n) is 5.01. The maximum absolute atomic E-state index is 13.0. The molecule has 3 aliphatic rings. The highest BCUT2D eigenvalue weighted by Crippen LogP contribution is 2.40. The summed E-state index contributed by atoms with van der Waals surface area (Å²) in [4.78, 5) is 19.7. The van der Waals surface area contributed by atoms with E-state index in [1.54, 1.807) is 6.20 Å². The van der Waals surface area contributed by atoms with Crippen LogP contribution in [0, 0.1) is 11.8 Å². The van der Waals surface area contributed by atoms with Crippen molar-refractivity contribution in [1.82, 2.24) is 10.3 Å². The van der Waals surface area contributed by atoms with Crippen LogP contribution in [0.15, 0.2) is 18.3 Å². The van der Waals surface area contributed by atoms with E-state index < -0.39 is 0 Å². The third-order valence-electron chi connectivity index (χ3n) is 6.11. The summed E-state index contributed by atoms with van der Waals surface area (Å²) in [5, 5.41) is 3.36. The predicted octanol–water partition coefficient (Wildman–Crippen LogP) is 3.16. The van der Waals surface area contributed by atoms with Crippen molar-refractivity contribution in [3.63, 3.8) is 0 Å². The highest BCUT2D eigenvalue weighted by Gasteiger charge is 2.40. The summed E-state index contributed by atoms with van der Waals surface area (Å²) in [6, 6.07) is 4.39. The maximum Gasteiger partial charge on any atom is 0.255 e. The fourth-order valence-corrected chi connectivity index (χ4v) is 5.01. The molecule has 26 heavy (non-hydrogen) atoms. The second-order valence-corrected chi connectivity index (χ2v) is 7.75. The Balaban J connectivity index is 0.00000121. The molecule has 2 saturated carbocycles. The van der Waals surface area contributed by atoms with Crippen LogP contribution in [-0.2, 0) is 0 Å². The molecule has 1 aromatic rings. The average Bonchev–Trinajstić information content (AvgIpc) is 3.10. The minimum absolute atomic E-state index is 0. The first kappa shape index (κ1) is 21.3. The molecule has 2 unspecified atom stereocenters. The van der Waals surface area contributed by atoms with Crippen LogP contribution >= 0.6 is 24.8 Å². The van der Waals surface area contributed by atoms with E-state index in [-0.39, 0.29) is 36.8 Å². The number of anilines is 1. The number of pyridine rings is 1. The number of hydrogen-bond acceptors (Lipinski definition) is 4. The van der Waals surface area contributed by atoms with Gasteiger partial charge in [-0.15, -0.1) is 24.8 Å². The highest BCUT2D eigenvalue weighted by atomic mass is 35.5. The van der Waals surface area contributed by atoms with Crippen molar-refractivity contribution in [3.8, 4) is 0 Å². The molecule has 2 aliphatic carbocycles. The first-order valence-electron chi connectivity index (χ1n) is 9.49. The lowest BCUT2D eigenvalue weighted by atomic mass is 9.67. The van der Waals surface area contributed by atoms with Crippen molar-refractivity contribution in [2.45, 2.75) is 57.0 Å². The van der Waals surface area contributed by atoms with Crippen LogP contribution in [0.1, 0.15) is 55.3 Å². The van der Waals surface area contributed by atoms with Gasteiger partial charge in [0.25, 0.3) is 5.91 Å². The zero-order chi connectivity index (χ0) is 16.5. The number of fused-ring (bicyclic) bond motifs is 2. The molecule has 3 fully saturated rings. The summed E-state index contributed by atoms with van der Waals surface area (Å²) < 4.78 is 0. The Labute approximate surface area is 168 Å². The number of nitrogens with one attached hydrogen (secondary N) is 1. The molecule has 1 saturated heterocycles. The largest absolute Gasteiger partial charge is 0.356 e. The number of amides is 1. The molecule has 3 N–H and O–H groups in total. The van der Waals surface area contributed by atoms with Gasteiger partial charge in [-0.1, -0.05) is 6.42 Å². The van der Waals surface area contributed by atoms with E-state index in [2.05, 4.69) is 15.2 Å². The van der Waals surface area contributed by atoms with Gasteiger partial charge in [-0.25, -0.2) is 4.98 Å². The van der Waals surface area contributed by atoms with E-state index in [9.17, 15) is 4.79 Å².